The first-order valence-electron chi connectivity index (χ1n) is 11.5. The van der Waals surface area contributed by atoms with Gasteiger partial charge in [0.05, 0.1) is 19.3 Å². The molecule has 0 spiro atoms. The summed E-state index contributed by atoms with van der Waals surface area (Å²) in [7, 11) is 5.92. The van der Waals surface area contributed by atoms with E-state index < -0.39 is 6.10 Å². The number of hydrogen-bond donors (Lipinski definition) is 2. The third kappa shape index (κ3) is 6.44. The first-order valence-corrected chi connectivity index (χ1v) is 11.5. The van der Waals surface area contributed by atoms with Gasteiger partial charge < -0.3 is 19.8 Å². The molecule has 30 heavy (non-hydrogen) atoms. The fourth-order valence-corrected chi connectivity index (χ4v) is 5.08. The molecule has 0 bridgehead atoms. The molecular weight excluding hydrogens is 374 g/mol. The van der Waals surface area contributed by atoms with Gasteiger partial charge in [-0.3, -0.25) is 0 Å². The molecule has 4 heteroatoms. The minimum Gasteiger partial charge on any atom is -0.497 e. The number of hydrogen-bond acceptors (Lipinski definition) is 4. The van der Waals surface area contributed by atoms with Crippen molar-refractivity contribution in [2.24, 2.45) is 17.8 Å². The number of aliphatic hydroxyl groups is 2. The summed E-state index contributed by atoms with van der Waals surface area (Å²) in [4.78, 5) is 2.25. The number of aliphatic hydroxyl groups excluding tert-OH is 2. The third-order valence-corrected chi connectivity index (χ3v) is 6.71. The Morgan fingerprint density at radius 2 is 1.93 bits per heavy atom. The van der Waals surface area contributed by atoms with Crippen molar-refractivity contribution in [1.82, 2.24) is 4.90 Å². The van der Waals surface area contributed by atoms with Gasteiger partial charge in [0.15, 0.2) is 0 Å². The van der Waals surface area contributed by atoms with E-state index in [1.807, 2.05) is 30.3 Å². The van der Waals surface area contributed by atoms with Gasteiger partial charge in [0.2, 0.25) is 0 Å². The van der Waals surface area contributed by atoms with Crippen molar-refractivity contribution in [2.75, 3.05) is 27.7 Å². The van der Waals surface area contributed by atoms with E-state index >= 15 is 0 Å². The Balaban J connectivity index is 1.46. The minimum absolute atomic E-state index is 0.156. The fraction of sp³-hybridized carbons (Fsp3) is 0.615. The number of ether oxygens (including phenoxy) is 1. The molecule has 2 aliphatic carbocycles. The van der Waals surface area contributed by atoms with Gasteiger partial charge in [-0.15, -0.1) is 0 Å². The zero-order valence-electron chi connectivity index (χ0n) is 18.8. The second kappa shape index (κ2) is 11.1. The van der Waals surface area contributed by atoms with Crippen molar-refractivity contribution >= 4 is 0 Å². The minimum atomic E-state index is -0.532. The largest absolute Gasteiger partial charge is 0.497 e. The standard InChI is InChI=1S/C26H39NO3/c1-27(2)14-6-4-5-7-20-15-21-18-26(29)24(25(21)17-20)13-10-22(28)16-19-8-11-23(30-3)12-9-19/h8-13,15,21-22,24-26,28-29H,4-7,14,16-18H2,1-3H3/t21-,22-,24+,25-,26+/m0/s1. The topological polar surface area (TPSA) is 52.9 Å². The summed E-state index contributed by atoms with van der Waals surface area (Å²) in [5, 5.41) is 21.0. The number of benzene rings is 1. The lowest BCUT2D eigenvalue weighted by atomic mass is 9.88. The highest BCUT2D eigenvalue weighted by Gasteiger charge is 2.43. The van der Waals surface area contributed by atoms with E-state index in [1.54, 1.807) is 12.7 Å². The van der Waals surface area contributed by atoms with E-state index in [9.17, 15) is 10.2 Å². The molecule has 1 aromatic rings. The molecule has 0 aromatic heterocycles. The van der Waals surface area contributed by atoms with Crippen LogP contribution in [0.5, 0.6) is 5.75 Å². The number of unbranched alkanes of at least 4 members (excludes halogenated alkanes) is 2. The molecular formula is C26H39NO3. The van der Waals surface area contributed by atoms with Crippen LogP contribution in [0.2, 0.25) is 0 Å². The summed E-state index contributed by atoms with van der Waals surface area (Å²) >= 11 is 0. The van der Waals surface area contributed by atoms with E-state index in [2.05, 4.69) is 31.1 Å². The SMILES string of the molecule is COc1ccc(C[C@@H](O)C=C[C@@H]2[C@H]3CC(CCCCCN(C)C)=C[C@H]3C[C@H]2O)cc1. The molecule has 0 radical (unpaired) electrons. The van der Waals surface area contributed by atoms with Crippen molar-refractivity contribution in [3.05, 3.63) is 53.6 Å². The average molecular weight is 414 g/mol. The number of fused-ring (bicyclic) bond motifs is 1. The van der Waals surface area contributed by atoms with Crippen LogP contribution in [0.3, 0.4) is 0 Å². The van der Waals surface area contributed by atoms with Gasteiger partial charge in [-0.05, 0) is 82.3 Å². The maximum atomic E-state index is 10.6. The van der Waals surface area contributed by atoms with E-state index in [0.29, 0.717) is 18.3 Å². The van der Waals surface area contributed by atoms with Crippen LogP contribution < -0.4 is 4.74 Å². The molecule has 4 nitrogen and oxygen atoms in total. The van der Waals surface area contributed by atoms with Crippen LogP contribution in [0.25, 0.3) is 0 Å². The van der Waals surface area contributed by atoms with Gasteiger partial charge >= 0.3 is 0 Å². The second-order valence-corrected chi connectivity index (χ2v) is 9.36. The van der Waals surface area contributed by atoms with Gasteiger partial charge in [0.25, 0.3) is 0 Å². The van der Waals surface area contributed by atoms with Gasteiger partial charge in [-0.2, -0.15) is 0 Å². The predicted octanol–water partition coefficient (Wildman–Crippen LogP) is 4.22. The quantitative estimate of drug-likeness (QED) is 0.421. The van der Waals surface area contributed by atoms with Crippen LogP contribution in [-0.2, 0) is 6.42 Å². The van der Waals surface area contributed by atoms with E-state index in [1.165, 1.54) is 32.2 Å². The highest BCUT2D eigenvalue weighted by atomic mass is 16.5. The maximum Gasteiger partial charge on any atom is 0.118 e. The Kier molecular flexibility index (Phi) is 8.55. The normalized spacial score (nSPS) is 26.9. The molecule has 1 aromatic carbocycles. The van der Waals surface area contributed by atoms with E-state index in [4.69, 9.17) is 4.74 Å². The summed E-state index contributed by atoms with van der Waals surface area (Å²) in [6.07, 6.45) is 13.2. The zero-order chi connectivity index (χ0) is 21.5. The zero-order valence-corrected chi connectivity index (χ0v) is 18.8. The monoisotopic (exact) mass is 413 g/mol. The number of allylic oxidation sites excluding steroid dienone is 2. The summed E-state index contributed by atoms with van der Waals surface area (Å²) in [6, 6.07) is 7.82. The molecule has 0 heterocycles. The molecule has 3 rings (SSSR count). The second-order valence-electron chi connectivity index (χ2n) is 9.36. The third-order valence-electron chi connectivity index (χ3n) is 6.71. The van der Waals surface area contributed by atoms with Crippen molar-refractivity contribution in [1.29, 1.82) is 0 Å². The Bertz CT molecular complexity index is 709. The summed E-state index contributed by atoms with van der Waals surface area (Å²) < 4.78 is 5.18. The van der Waals surface area contributed by atoms with Crippen molar-refractivity contribution in [3.63, 3.8) is 0 Å². The molecule has 0 aliphatic heterocycles. The van der Waals surface area contributed by atoms with Crippen molar-refractivity contribution in [2.45, 2.75) is 57.2 Å². The lowest BCUT2D eigenvalue weighted by molar-refractivity contribution is 0.140. The number of nitrogens with zero attached hydrogens (tertiary/aromatic N) is 1. The maximum absolute atomic E-state index is 10.6. The Morgan fingerprint density at radius 1 is 1.17 bits per heavy atom. The van der Waals surface area contributed by atoms with E-state index in [0.717, 1.165) is 24.2 Å². The smallest absolute Gasteiger partial charge is 0.118 e. The van der Waals surface area contributed by atoms with Gasteiger partial charge in [-0.1, -0.05) is 42.4 Å². The lowest BCUT2D eigenvalue weighted by Crippen LogP contribution is -2.18. The molecule has 1 saturated carbocycles. The average Bonchev–Trinajstić information content (AvgIpc) is 3.23. The molecule has 5 atom stereocenters. The summed E-state index contributed by atoms with van der Waals surface area (Å²) in [5.41, 5.74) is 2.66. The van der Waals surface area contributed by atoms with Crippen LogP contribution in [0, 0.1) is 17.8 Å². The van der Waals surface area contributed by atoms with Crippen LogP contribution >= 0.6 is 0 Å². The molecule has 166 valence electrons. The highest BCUT2D eigenvalue weighted by Crippen LogP contribution is 2.48. The van der Waals surface area contributed by atoms with Crippen LogP contribution in [0.4, 0.5) is 0 Å². The van der Waals surface area contributed by atoms with Gasteiger partial charge in [0, 0.05) is 12.3 Å². The van der Waals surface area contributed by atoms with E-state index in [-0.39, 0.29) is 12.0 Å². The van der Waals surface area contributed by atoms with Crippen LogP contribution in [-0.4, -0.2) is 55.1 Å². The molecule has 2 N–H and O–H groups in total. The van der Waals surface area contributed by atoms with Crippen molar-refractivity contribution < 1.29 is 14.9 Å². The lowest BCUT2D eigenvalue weighted by Gasteiger charge is -2.19. The molecule has 0 unspecified atom stereocenters. The van der Waals surface area contributed by atoms with Gasteiger partial charge in [0.1, 0.15) is 5.75 Å². The molecule has 0 saturated heterocycles. The van der Waals surface area contributed by atoms with Gasteiger partial charge in [-0.25, -0.2) is 0 Å². The Morgan fingerprint density at radius 3 is 2.63 bits per heavy atom. The van der Waals surface area contributed by atoms with Crippen LogP contribution in [0.1, 0.15) is 44.1 Å². The molecule has 0 amide bonds. The summed E-state index contributed by atoms with van der Waals surface area (Å²) in [5.74, 6) is 1.99. The number of rotatable bonds is 11. The Labute approximate surface area is 182 Å². The number of methoxy groups -OCH3 is 1. The Hall–Kier alpha value is -1.62. The molecule has 1 fully saturated rings. The summed E-state index contributed by atoms with van der Waals surface area (Å²) in [6.45, 7) is 1.17. The van der Waals surface area contributed by atoms with Crippen molar-refractivity contribution in [3.8, 4) is 5.75 Å². The van der Waals surface area contributed by atoms with Crippen LogP contribution in [0.15, 0.2) is 48.1 Å². The molecule has 2 aliphatic rings. The first kappa shape index (κ1) is 23.1. The highest BCUT2D eigenvalue weighted by molar-refractivity contribution is 5.28. The predicted molar refractivity (Wildman–Crippen MR) is 123 cm³/mol. The first-order chi connectivity index (χ1) is 14.5. The fourth-order valence-electron chi connectivity index (χ4n) is 5.08.